The predicted molar refractivity (Wildman–Crippen MR) is 117 cm³/mol. The van der Waals surface area contributed by atoms with E-state index < -0.39 is 27.0 Å². The molecule has 0 radical (unpaired) electrons. The number of esters is 2. The Bertz CT molecular complexity index is 1410. The van der Waals surface area contributed by atoms with E-state index in [1.54, 1.807) is 60.7 Å². The molecule has 32 heavy (non-hydrogen) atoms. The molecule has 0 saturated heterocycles. The molecule has 8 heteroatoms. The van der Waals surface area contributed by atoms with Crippen molar-refractivity contribution >= 4 is 32.8 Å². The molecule has 4 aromatic rings. The van der Waals surface area contributed by atoms with Gasteiger partial charge in [0.15, 0.2) is 0 Å². The van der Waals surface area contributed by atoms with Crippen LogP contribution in [-0.2, 0) is 10.1 Å². The van der Waals surface area contributed by atoms with Crippen molar-refractivity contribution in [3.8, 4) is 11.5 Å². The lowest BCUT2D eigenvalue weighted by molar-refractivity contribution is 0.0724. The van der Waals surface area contributed by atoms with E-state index in [1.165, 1.54) is 24.3 Å². The number of benzene rings is 4. The Morgan fingerprint density at radius 2 is 1.25 bits per heavy atom. The van der Waals surface area contributed by atoms with Crippen molar-refractivity contribution in [1.29, 1.82) is 0 Å². The van der Waals surface area contributed by atoms with Gasteiger partial charge in [-0.15, -0.1) is 0 Å². The van der Waals surface area contributed by atoms with E-state index in [4.69, 9.17) is 9.47 Å². The number of carbonyl (C=O) groups excluding carboxylic acids is 2. The Morgan fingerprint density at radius 3 is 1.81 bits per heavy atom. The number of ether oxygens (including phenoxy) is 2. The highest BCUT2D eigenvalue weighted by Crippen LogP contribution is 2.33. The summed E-state index contributed by atoms with van der Waals surface area (Å²) in [6.45, 7) is 0. The van der Waals surface area contributed by atoms with Gasteiger partial charge < -0.3 is 9.47 Å². The van der Waals surface area contributed by atoms with Gasteiger partial charge in [0.2, 0.25) is 0 Å². The number of rotatable bonds is 5. The van der Waals surface area contributed by atoms with Crippen LogP contribution in [0, 0.1) is 0 Å². The zero-order valence-corrected chi connectivity index (χ0v) is 17.3. The molecule has 0 spiro atoms. The number of hydrogen-bond donors (Lipinski definition) is 1. The molecule has 4 aromatic carbocycles. The van der Waals surface area contributed by atoms with Gasteiger partial charge in [-0.2, -0.15) is 8.42 Å². The van der Waals surface area contributed by atoms with Gasteiger partial charge in [-0.05, 0) is 47.9 Å². The molecular weight excluding hydrogens is 432 g/mol. The largest absolute Gasteiger partial charge is 0.423 e. The van der Waals surface area contributed by atoms with E-state index in [1.807, 2.05) is 0 Å². The first-order chi connectivity index (χ1) is 15.3. The normalized spacial score (nSPS) is 11.2. The van der Waals surface area contributed by atoms with Gasteiger partial charge in [-0.25, -0.2) is 9.59 Å². The van der Waals surface area contributed by atoms with Gasteiger partial charge in [-0.3, -0.25) is 4.55 Å². The SMILES string of the molecule is O=C(Oc1ccc2cc(S(=O)(=O)O)cc(OC(=O)c3ccccc3)c2c1)c1ccccc1. The van der Waals surface area contributed by atoms with Crippen molar-refractivity contribution < 1.29 is 32.0 Å². The molecule has 0 aliphatic carbocycles. The van der Waals surface area contributed by atoms with E-state index in [2.05, 4.69) is 0 Å². The Morgan fingerprint density at radius 1 is 0.688 bits per heavy atom. The average molecular weight is 448 g/mol. The monoisotopic (exact) mass is 448 g/mol. The summed E-state index contributed by atoms with van der Waals surface area (Å²) in [5, 5.41) is 0.676. The van der Waals surface area contributed by atoms with Crippen molar-refractivity contribution in [2.75, 3.05) is 0 Å². The third kappa shape index (κ3) is 4.66. The fourth-order valence-electron chi connectivity index (χ4n) is 3.05. The lowest BCUT2D eigenvalue weighted by Crippen LogP contribution is -2.10. The van der Waals surface area contributed by atoms with Crippen LogP contribution < -0.4 is 9.47 Å². The van der Waals surface area contributed by atoms with Crippen molar-refractivity contribution in [3.05, 3.63) is 102 Å². The van der Waals surface area contributed by atoms with Gasteiger partial charge in [0.05, 0.1) is 16.0 Å². The second kappa shape index (κ2) is 8.62. The molecule has 7 nitrogen and oxygen atoms in total. The van der Waals surface area contributed by atoms with Crippen LogP contribution in [0.2, 0.25) is 0 Å². The Kier molecular flexibility index (Phi) is 5.72. The van der Waals surface area contributed by atoms with Crippen LogP contribution >= 0.6 is 0 Å². The van der Waals surface area contributed by atoms with E-state index in [9.17, 15) is 22.6 Å². The van der Waals surface area contributed by atoms with Crippen molar-refractivity contribution in [3.63, 3.8) is 0 Å². The van der Waals surface area contributed by atoms with Crippen LogP contribution in [0.4, 0.5) is 0 Å². The zero-order valence-electron chi connectivity index (χ0n) is 16.5. The molecule has 0 bridgehead atoms. The summed E-state index contributed by atoms with van der Waals surface area (Å²) < 4.78 is 43.7. The smallest absolute Gasteiger partial charge is 0.343 e. The fraction of sp³-hybridized carbons (Fsp3) is 0. The Labute approximate surface area is 183 Å². The van der Waals surface area contributed by atoms with Crippen LogP contribution in [0.15, 0.2) is 95.9 Å². The maximum absolute atomic E-state index is 12.5. The van der Waals surface area contributed by atoms with Gasteiger partial charge in [0, 0.05) is 11.5 Å². The van der Waals surface area contributed by atoms with Gasteiger partial charge >= 0.3 is 11.9 Å². The first kappa shape index (κ1) is 21.2. The highest BCUT2D eigenvalue weighted by molar-refractivity contribution is 7.85. The van der Waals surface area contributed by atoms with Crippen molar-refractivity contribution in [1.82, 2.24) is 0 Å². The molecule has 160 valence electrons. The van der Waals surface area contributed by atoms with E-state index >= 15 is 0 Å². The first-order valence-electron chi connectivity index (χ1n) is 9.41. The van der Waals surface area contributed by atoms with E-state index in [0.29, 0.717) is 16.3 Å². The van der Waals surface area contributed by atoms with E-state index in [0.717, 1.165) is 6.07 Å². The summed E-state index contributed by atoms with van der Waals surface area (Å²) in [5.41, 5.74) is 0.606. The lowest BCUT2D eigenvalue weighted by Gasteiger charge is -2.12. The molecule has 0 atom stereocenters. The molecule has 1 N–H and O–H groups in total. The number of carbonyl (C=O) groups is 2. The third-order valence-electron chi connectivity index (χ3n) is 4.59. The van der Waals surface area contributed by atoms with Crippen LogP contribution in [0.25, 0.3) is 10.8 Å². The minimum atomic E-state index is -4.56. The minimum absolute atomic E-state index is 0.110. The molecule has 0 saturated carbocycles. The summed E-state index contributed by atoms with van der Waals surface area (Å²) in [6, 6.07) is 23.2. The first-order valence-corrected chi connectivity index (χ1v) is 10.8. The van der Waals surface area contributed by atoms with Crippen LogP contribution in [-0.4, -0.2) is 24.9 Å². The quantitative estimate of drug-likeness (QED) is 0.272. The second-order valence-corrected chi connectivity index (χ2v) is 8.21. The summed E-state index contributed by atoms with van der Waals surface area (Å²) in [7, 11) is -4.56. The molecule has 0 amide bonds. The highest BCUT2D eigenvalue weighted by Gasteiger charge is 2.18. The minimum Gasteiger partial charge on any atom is -0.423 e. The van der Waals surface area contributed by atoms with Crippen LogP contribution in [0.3, 0.4) is 0 Å². The van der Waals surface area contributed by atoms with Crippen LogP contribution in [0.5, 0.6) is 11.5 Å². The molecule has 4 rings (SSSR count). The predicted octanol–water partition coefficient (Wildman–Crippen LogP) is 4.52. The van der Waals surface area contributed by atoms with Gasteiger partial charge in [-0.1, -0.05) is 42.5 Å². The molecule has 0 aliphatic heterocycles. The molecule has 0 aromatic heterocycles. The van der Waals surface area contributed by atoms with Crippen molar-refractivity contribution in [2.45, 2.75) is 4.90 Å². The number of fused-ring (bicyclic) bond motifs is 1. The maximum Gasteiger partial charge on any atom is 0.343 e. The topological polar surface area (TPSA) is 107 Å². The molecule has 0 unspecified atom stereocenters. The van der Waals surface area contributed by atoms with Crippen molar-refractivity contribution in [2.24, 2.45) is 0 Å². The zero-order chi connectivity index (χ0) is 22.7. The maximum atomic E-state index is 12.5. The molecule has 0 heterocycles. The fourth-order valence-corrected chi connectivity index (χ4v) is 3.58. The second-order valence-electron chi connectivity index (χ2n) is 6.79. The molecular formula is C24H16O7S. The number of hydrogen-bond acceptors (Lipinski definition) is 6. The van der Waals surface area contributed by atoms with Gasteiger partial charge in [0.25, 0.3) is 10.1 Å². The Hall–Kier alpha value is -4.01. The molecule has 0 fully saturated rings. The summed E-state index contributed by atoms with van der Waals surface area (Å²) >= 11 is 0. The van der Waals surface area contributed by atoms with E-state index in [-0.39, 0.29) is 17.1 Å². The van der Waals surface area contributed by atoms with Gasteiger partial charge in [0.1, 0.15) is 11.5 Å². The highest BCUT2D eigenvalue weighted by atomic mass is 32.2. The Balaban J connectivity index is 1.75. The summed E-state index contributed by atoms with van der Waals surface area (Å²) in [4.78, 5) is 24.5. The summed E-state index contributed by atoms with van der Waals surface area (Å²) in [6.07, 6.45) is 0. The van der Waals surface area contributed by atoms with Crippen LogP contribution in [0.1, 0.15) is 20.7 Å². The summed E-state index contributed by atoms with van der Waals surface area (Å²) in [5.74, 6) is -1.24. The lowest BCUT2D eigenvalue weighted by atomic mass is 10.1. The average Bonchev–Trinajstić information content (AvgIpc) is 2.79. The third-order valence-corrected chi connectivity index (χ3v) is 5.42. The standard InChI is InChI=1S/C24H16O7S/c25-23(16-7-3-1-4-8-16)30-19-12-11-18-13-20(32(27,28)29)15-22(21(18)14-19)31-24(26)17-9-5-2-6-10-17/h1-15H,(H,27,28,29). The molecule has 0 aliphatic rings.